The summed E-state index contributed by atoms with van der Waals surface area (Å²) in [4.78, 5) is 11.7. The fourth-order valence-corrected chi connectivity index (χ4v) is 1.78. The molecule has 0 bridgehead atoms. The highest BCUT2D eigenvalue weighted by atomic mass is 35.5. The van der Waals surface area contributed by atoms with E-state index in [0.29, 0.717) is 5.56 Å². The topological polar surface area (TPSA) is 41.1 Å². The van der Waals surface area contributed by atoms with Crippen LogP contribution in [0.15, 0.2) is 12.1 Å². The van der Waals surface area contributed by atoms with Crippen LogP contribution in [0.4, 0.5) is 4.39 Å². The third kappa shape index (κ3) is 2.18. The predicted molar refractivity (Wildman–Crippen MR) is 60.3 cm³/mol. The molecule has 1 aromatic carbocycles. The molecule has 3 nitrogen and oxygen atoms in total. The second-order valence-corrected chi connectivity index (χ2v) is 4.32. The molecule has 0 radical (unpaired) electrons. The van der Waals surface area contributed by atoms with Gasteiger partial charge in [-0.2, -0.15) is 0 Å². The smallest absolute Gasteiger partial charge is 0.253 e. The van der Waals surface area contributed by atoms with E-state index in [4.69, 9.17) is 11.6 Å². The Kier molecular flexibility index (Phi) is 3.12. The van der Waals surface area contributed by atoms with Gasteiger partial charge in [0.15, 0.2) is 0 Å². The third-order valence-electron chi connectivity index (χ3n) is 2.61. The number of aryl methyl sites for hydroxylation is 1. The molecule has 86 valence electrons. The van der Waals surface area contributed by atoms with Gasteiger partial charge in [-0.3, -0.25) is 4.79 Å². The number of nitrogens with one attached hydrogen (secondary N) is 2. The molecule has 1 fully saturated rings. The molecule has 0 spiro atoms. The Labute approximate surface area is 98.0 Å². The van der Waals surface area contributed by atoms with Crippen molar-refractivity contribution in [2.24, 2.45) is 0 Å². The van der Waals surface area contributed by atoms with Gasteiger partial charge in [0.2, 0.25) is 0 Å². The van der Waals surface area contributed by atoms with Crippen molar-refractivity contribution in [1.82, 2.24) is 10.6 Å². The molecule has 0 atom stereocenters. The minimum Gasteiger partial charge on any atom is -0.347 e. The zero-order valence-corrected chi connectivity index (χ0v) is 9.57. The van der Waals surface area contributed by atoms with Gasteiger partial charge in [-0.15, -0.1) is 0 Å². The molecule has 0 saturated carbocycles. The van der Waals surface area contributed by atoms with Gasteiger partial charge < -0.3 is 10.6 Å². The number of benzene rings is 1. The molecule has 2 rings (SSSR count). The van der Waals surface area contributed by atoms with Crippen LogP contribution in [0.5, 0.6) is 0 Å². The molecule has 1 aromatic rings. The summed E-state index contributed by atoms with van der Waals surface area (Å²) >= 11 is 5.90. The van der Waals surface area contributed by atoms with Crippen LogP contribution in [-0.4, -0.2) is 25.0 Å². The van der Waals surface area contributed by atoms with Crippen molar-refractivity contribution < 1.29 is 9.18 Å². The minimum absolute atomic E-state index is 0.118. The Morgan fingerprint density at radius 1 is 1.56 bits per heavy atom. The van der Waals surface area contributed by atoms with Crippen LogP contribution >= 0.6 is 11.6 Å². The van der Waals surface area contributed by atoms with E-state index in [2.05, 4.69) is 10.6 Å². The zero-order valence-electron chi connectivity index (χ0n) is 8.81. The maximum absolute atomic E-state index is 13.3. The van der Waals surface area contributed by atoms with Crippen LogP contribution in [0, 0.1) is 12.7 Å². The van der Waals surface area contributed by atoms with Crippen LogP contribution in [-0.2, 0) is 0 Å². The summed E-state index contributed by atoms with van der Waals surface area (Å²) in [5, 5.41) is 6.08. The summed E-state index contributed by atoms with van der Waals surface area (Å²) in [5.74, 6) is -0.739. The number of carbonyl (C=O) groups is 1. The number of hydrogen-bond acceptors (Lipinski definition) is 2. The quantitative estimate of drug-likeness (QED) is 0.825. The van der Waals surface area contributed by atoms with Gasteiger partial charge >= 0.3 is 0 Å². The summed E-state index contributed by atoms with van der Waals surface area (Å²) in [7, 11) is 0. The van der Waals surface area contributed by atoms with Gasteiger partial charge in [-0.25, -0.2) is 4.39 Å². The lowest BCUT2D eigenvalue weighted by Crippen LogP contribution is -2.56. The largest absolute Gasteiger partial charge is 0.347 e. The summed E-state index contributed by atoms with van der Waals surface area (Å²) < 4.78 is 13.3. The molecule has 1 aliphatic rings. The van der Waals surface area contributed by atoms with E-state index in [1.807, 2.05) is 0 Å². The van der Waals surface area contributed by atoms with E-state index >= 15 is 0 Å². The van der Waals surface area contributed by atoms with Gasteiger partial charge in [-0.1, -0.05) is 11.6 Å². The highest BCUT2D eigenvalue weighted by molar-refractivity contribution is 6.33. The van der Waals surface area contributed by atoms with Gasteiger partial charge in [-0.05, 0) is 24.6 Å². The molecular formula is C11H12ClFN2O. The van der Waals surface area contributed by atoms with Gasteiger partial charge in [0.25, 0.3) is 5.91 Å². The maximum Gasteiger partial charge on any atom is 0.253 e. The lowest BCUT2D eigenvalue weighted by molar-refractivity contribution is 0.0923. The number of hydrogen-bond donors (Lipinski definition) is 2. The summed E-state index contributed by atoms with van der Waals surface area (Å²) in [5.41, 5.74) is 0.628. The van der Waals surface area contributed by atoms with E-state index < -0.39 is 5.82 Å². The summed E-state index contributed by atoms with van der Waals surface area (Å²) in [6, 6.07) is 2.76. The number of rotatable bonds is 2. The van der Waals surface area contributed by atoms with Crippen LogP contribution in [0.2, 0.25) is 5.02 Å². The van der Waals surface area contributed by atoms with Crippen LogP contribution in [0.25, 0.3) is 0 Å². The molecular weight excluding hydrogens is 231 g/mol. The van der Waals surface area contributed by atoms with Gasteiger partial charge in [0.1, 0.15) is 5.82 Å². The first-order valence-corrected chi connectivity index (χ1v) is 5.43. The van der Waals surface area contributed by atoms with Gasteiger partial charge in [0, 0.05) is 13.1 Å². The van der Waals surface area contributed by atoms with Crippen molar-refractivity contribution in [1.29, 1.82) is 0 Å². The van der Waals surface area contributed by atoms with Crippen molar-refractivity contribution in [2.75, 3.05) is 13.1 Å². The Morgan fingerprint density at radius 3 is 2.81 bits per heavy atom. The van der Waals surface area contributed by atoms with E-state index in [-0.39, 0.29) is 22.5 Å². The molecule has 0 aromatic heterocycles. The maximum atomic E-state index is 13.3. The average Bonchev–Trinajstić information content (AvgIpc) is 2.17. The molecule has 1 heterocycles. The molecule has 2 N–H and O–H groups in total. The second-order valence-electron chi connectivity index (χ2n) is 3.91. The van der Waals surface area contributed by atoms with Crippen LogP contribution < -0.4 is 10.6 Å². The summed E-state index contributed by atoms with van der Waals surface area (Å²) in [6.07, 6.45) is 0. The number of halogens is 2. The summed E-state index contributed by atoms with van der Waals surface area (Å²) in [6.45, 7) is 3.11. The van der Waals surface area contributed by atoms with Crippen LogP contribution in [0.3, 0.4) is 0 Å². The van der Waals surface area contributed by atoms with E-state index in [1.165, 1.54) is 12.1 Å². The van der Waals surface area contributed by atoms with Crippen LogP contribution in [0.1, 0.15) is 15.9 Å². The molecule has 0 unspecified atom stereocenters. The average molecular weight is 243 g/mol. The van der Waals surface area contributed by atoms with Crippen molar-refractivity contribution in [3.05, 3.63) is 34.1 Å². The highest BCUT2D eigenvalue weighted by Gasteiger charge is 2.21. The Hall–Kier alpha value is -1.13. The van der Waals surface area contributed by atoms with Crippen molar-refractivity contribution in [2.45, 2.75) is 13.0 Å². The Bertz CT molecular complexity index is 432. The Morgan fingerprint density at radius 2 is 2.25 bits per heavy atom. The molecule has 1 amide bonds. The fraction of sp³-hybridized carbons (Fsp3) is 0.364. The fourth-order valence-electron chi connectivity index (χ4n) is 1.47. The lowest BCUT2D eigenvalue weighted by Gasteiger charge is -2.28. The van der Waals surface area contributed by atoms with E-state index in [1.54, 1.807) is 6.92 Å². The first-order chi connectivity index (χ1) is 7.58. The first kappa shape index (κ1) is 11.4. The van der Waals surface area contributed by atoms with Crippen molar-refractivity contribution in [3.63, 3.8) is 0 Å². The standard InChI is InChI=1S/C11H12ClFN2O/c1-6-2-9(12)8(3-10(6)13)11(16)15-7-4-14-5-7/h2-3,7,14H,4-5H2,1H3,(H,15,16). The predicted octanol–water partition coefficient (Wildman–Crippen LogP) is 1.49. The SMILES string of the molecule is Cc1cc(Cl)c(C(=O)NC2CNC2)cc1F. The van der Waals surface area contributed by atoms with E-state index in [9.17, 15) is 9.18 Å². The number of amides is 1. The molecule has 16 heavy (non-hydrogen) atoms. The second kappa shape index (κ2) is 4.39. The molecule has 0 aliphatic carbocycles. The van der Waals surface area contributed by atoms with Crippen molar-refractivity contribution in [3.8, 4) is 0 Å². The molecule has 1 aliphatic heterocycles. The molecule has 5 heteroatoms. The third-order valence-corrected chi connectivity index (χ3v) is 2.92. The van der Waals surface area contributed by atoms with Crippen molar-refractivity contribution >= 4 is 17.5 Å². The monoisotopic (exact) mass is 242 g/mol. The van der Waals surface area contributed by atoms with Gasteiger partial charge in [0.05, 0.1) is 16.6 Å². The minimum atomic E-state index is -0.415. The Balaban J connectivity index is 2.18. The lowest BCUT2D eigenvalue weighted by atomic mass is 10.1. The normalized spacial score (nSPS) is 15.7. The number of carbonyl (C=O) groups excluding carboxylic acids is 1. The molecule has 1 saturated heterocycles. The van der Waals surface area contributed by atoms with E-state index in [0.717, 1.165) is 13.1 Å². The first-order valence-electron chi connectivity index (χ1n) is 5.05. The highest BCUT2D eigenvalue weighted by Crippen LogP contribution is 2.20. The zero-order chi connectivity index (χ0) is 11.7.